The Morgan fingerprint density at radius 2 is 1.94 bits per heavy atom. The van der Waals surface area contributed by atoms with E-state index in [1.54, 1.807) is 11.5 Å². The Labute approximate surface area is 107 Å². The van der Waals surface area contributed by atoms with Crippen LogP contribution in [-0.4, -0.2) is 15.4 Å². The standard InChI is InChI=1S/C13H21N3S/c1-2-9-3-7-11(8-4-9)14-13-15-12(16-17-13)10-5-6-10/h9-11H,2-8H2,1H3,(H,14,15,16). The number of aromatic nitrogens is 2. The predicted octanol–water partition coefficient (Wildman–Crippen LogP) is 3.80. The Morgan fingerprint density at radius 3 is 2.59 bits per heavy atom. The highest BCUT2D eigenvalue weighted by molar-refractivity contribution is 7.09. The molecule has 0 aromatic carbocycles. The predicted molar refractivity (Wildman–Crippen MR) is 71.5 cm³/mol. The van der Waals surface area contributed by atoms with Gasteiger partial charge in [-0.1, -0.05) is 13.3 Å². The largest absolute Gasteiger partial charge is 0.358 e. The lowest BCUT2D eigenvalue weighted by Crippen LogP contribution is -2.25. The van der Waals surface area contributed by atoms with Crippen molar-refractivity contribution in [1.82, 2.24) is 9.36 Å². The fraction of sp³-hybridized carbons (Fsp3) is 0.846. The van der Waals surface area contributed by atoms with Gasteiger partial charge >= 0.3 is 0 Å². The molecule has 3 rings (SSSR count). The second-order valence-corrected chi connectivity index (χ2v) is 6.25. The third kappa shape index (κ3) is 2.79. The van der Waals surface area contributed by atoms with Gasteiger partial charge in [-0.3, -0.25) is 0 Å². The first-order valence-electron chi connectivity index (χ1n) is 6.95. The van der Waals surface area contributed by atoms with E-state index in [2.05, 4.69) is 21.6 Å². The molecule has 2 aliphatic rings. The molecule has 1 aromatic rings. The van der Waals surface area contributed by atoms with Crippen molar-refractivity contribution in [2.45, 2.75) is 63.8 Å². The van der Waals surface area contributed by atoms with Crippen molar-refractivity contribution in [3.05, 3.63) is 5.82 Å². The number of hydrogen-bond acceptors (Lipinski definition) is 4. The van der Waals surface area contributed by atoms with Crippen LogP contribution >= 0.6 is 11.5 Å². The smallest absolute Gasteiger partial charge is 0.202 e. The first-order chi connectivity index (χ1) is 8.35. The molecule has 0 atom stereocenters. The lowest BCUT2D eigenvalue weighted by atomic mass is 9.85. The van der Waals surface area contributed by atoms with Crippen LogP contribution in [0.1, 0.15) is 63.6 Å². The summed E-state index contributed by atoms with van der Waals surface area (Å²) in [5.74, 6) is 2.72. The van der Waals surface area contributed by atoms with Crippen LogP contribution in [0, 0.1) is 5.92 Å². The second kappa shape index (κ2) is 4.92. The van der Waals surface area contributed by atoms with Gasteiger partial charge in [0.1, 0.15) is 5.82 Å². The molecule has 3 nitrogen and oxygen atoms in total. The van der Waals surface area contributed by atoms with Crippen LogP contribution in [0.3, 0.4) is 0 Å². The van der Waals surface area contributed by atoms with E-state index >= 15 is 0 Å². The van der Waals surface area contributed by atoms with E-state index in [-0.39, 0.29) is 0 Å². The van der Waals surface area contributed by atoms with Crippen molar-refractivity contribution in [3.8, 4) is 0 Å². The number of hydrogen-bond donors (Lipinski definition) is 1. The van der Waals surface area contributed by atoms with Gasteiger partial charge in [0.15, 0.2) is 0 Å². The van der Waals surface area contributed by atoms with E-state index in [1.165, 1.54) is 44.9 Å². The molecule has 0 unspecified atom stereocenters. The molecule has 2 fully saturated rings. The highest BCUT2D eigenvalue weighted by Crippen LogP contribution is 2.39. The molecule has 0 radical (unpaired) electrons. The maximum absolute atomic E-state index is 4.60. The zero-order chi connectivity index (χ0) is 11.7. The lowest BCUT2D eigenvalue weighted by Gasteiger charge is -2.28. The van der Waals surface area contributed by atoms with Crippen LogP contribution < -0.4 is 5.32 Å². The van der Waals surface area contributed by atoms with Crippen LogP contribution in [0.25, 0.3) is 0 Å². The molecular formula is C13H21N3S. The minimum absolute atomic E-state index is 0.637. The third-order valence-electron chi connectivity index (χ3n) is 4.14. The monoisotopic (exact) mass is 251 g/mol. The van der Waals surface area contributed by atoms with Crippen molar-refractivity contribution < 1.29 is 0 Å². The van der Waals surface area contributed by atoms with E-state index in [4.69, 9.17) is 0 Å². The fourth-order valence-electron chi connectivity index (χ4n) is 2.69. The average molecular weight is 251 g/mol. The molecule has 17 heavy (non-hydrogen) atoms. The quantitative estimate of drug-likeness (QED) is 0.884. The average Bonchev–Trinajstić information content (AvgIpc) is 3.12. The zero-order valence-electron chi connectivity index (χ0n) is 10.5. The van der Waals surface area contributed by atoms with Gasteiger partial charge in [-0.2, -0.15) is 4.37 Å². The fourth-order valence-corrected chi connectivity index (χ4v) is 3.41. The summed E-state index contributed by atoms with van der Waals surface area (Å²) in [5.41, 5.74) is 0. The number of rotatable bonds is 4. The SMILES string of the molecule is CCC1CCC(Nc2nc(C3CC3)ns2)CC1. The maximum Gasteiger partial charge on any atom is 0.202 e. The summed E-state index contributed by atoms with van der Waals surface area (Å²) in [6.45, 7) is 2.31. The Morgan fingerprint density at radius 1 is 1.18 bits per heavy atom. The zero-order valence-corrected chi connectivity index (χ0v) is 11.3. The van der Waals surface area contributed by atoms with Crippen molar-refractivity contribution in [3.63, 3.8) is 0 Å². The van der Waals surface area contributed by atoms with Gasteiger partial charge in [0.2, 0.25) is 5.13 Å². The molecule has 2 saturated carbocycles. The first-order valence-corrected chi connectivity index (χ1v) is 7.72. The minimum atomic E-state index is 0.637. The summed E-state index contributed by atoms with van der Waals surface area (Å²) in [4.78, 5) is 4.60. The summed E-state index contributed by atoms with van der Waals surface area (Å²) in [7, 11) is 0. The number of nitrogens with zero attached hydrogens (tertiary/aromatic N) is 2. The van der Waals surface area contributed by atoms with Gasteiger partial charge < -0.3 is 5.32 Å². The van der Waals surface area contributed by atoms with Gasteiger partial charge in [-0.15, -0.1) is 0 Å². The van der Waals surface area contributed by atoms with E-state index in [0.717, 1.165) is 16.9 Å². The molecule has 4 heteroatoms. The molecule has 0 saturated heterocycles. The maximum atomic E-state index is 4.60. The summed E-state index contributed by atoms with van der Waals surface area (Å²) < 4.78 is 4.44. The van der Waals surface area contributed by atoms with E-state index in [0.29, 0.717) is 12.0 Å². The lowest BCUT2D eigenvalue weighted by molar-refractivity contribution is 0.330. The normalized spacial score (nSPS) is 29.2. The highest BCUT2D eigenvalue weighted by atomic mass is 32.1. The summed E-state index contributed by atoms with van der Waals surface area (Å²) >= 11 is 1.55. The van der Waals surface area contributed by atoms with Gasteiger partial charge in [0, 0.05) is 23.5 Å². The van der Waals surface area contributed by atoms with Crippen LogP contribution in [0.5, 0.6) is 0 Å². The van der Waals surface area contributed by atoms with Crippen LogP contribution in [0.15, 0.2) is 0 Å². The molecule has 1 aromatic heterocycles. The molecule has 0 spiro atoms. The van der Waals surface area contributed by atoms with Gasteiger partial charge in [0.25, 0.3) is 0 Å². The molecular weight excluding hydrogens is 230 g/mol. The van der Waals surface area contributed by atoms with Crippen molar-refractivity contribution in [1.29, 1.82) is 0 Å². The third-order valence-corrected chi connectivity index (χ3v) is 4.80. The topological polar surface area (TPSA) is 37.8 Å². The summed E-state index contributed by atoms with van der Waals surface area (Å²) in [5, 5.41) is 4.62. The van der Waals surface area contributed by atoms with Gasteiger partial charge in [0.05, 0.1) is 0 Å². The van der Waals surface area contributed by atoms with Crippen LogP contribution in [0.4, 0.5) is 5.13 Å². The van der Waals surface area contributed by atoms with E-state index < -0.39 is 0 Å². The Bertz CT molecular complexity index is 364. The molecule has 2 aliphatic carbocycles. The van der Waals surface area contributed by atoms with E-state index in [9.17, 15) is 0 Å². The van der Waals surface area contributed by atoms with Crippen molar-refractivity contribution in [2.24, 2.45) is 5.92 Å². The second-order valence-electron chi connectivity index (χ2n) is 5.50. The molecule has 1 N–H and O–H groups in total. The molecule has 1 heterocycles. The van der Waals surface area contributed by atoms with Crippen molar-refractivity contribution >= 4 is 16.7 Å². The minimum Gasteiger partial charge on any atom is -0.358 e. The summed E-state index contributed by atoms with van der Waals surface area (Å²) in [6.07, 6.45) is 9.28. The Hall–Kier alpha value is -0.640. The van der Waals surface area contributed by atoms with Gasteiger partial charge in [-0.05, 0) is 44.4 Å². The first kappa shape index (κ1) is 11.5. The van der Waals surface area contributed by atoms with E-state index in [1.807, 2.05) is 0 Å². The molecule has 94 valence electrons. The molecule has 0 amide bonds. The number of anilines is 1. The molecule has 0 bridgehead atoms. The Kier molecular flexibility index (Phi) is 3.32. The summed E-state index contributed by atoms with van der Waals surface area (Å²) in [6, 6.07) is 0.637. The van der Waals surface area contributed by atoms with Crippen LogP contribution in [-0.2, 0) is 0 Å². The van der Waals surface area contributed by atoms with Gasteiger partial charge in [-0.25, -0.2) is 4.98 Å². The highest BCUT2D eigenvalue weighted by Gasteiger charge is 2.28. The molecule has 0 aliphatic heterocycles. The number of nitrogens with one attached hydrogen (secondary N) is 1. The van der Waals surface area contributed by atoms with Crippen molar-refractivity contribution in [2.75, 3.05) is 5.32 Å². The Balaban J connectivity index is 1.52. The van der Waals surface area contributed by atoms with Crippen LogP contribution in [0.2, 0.25) is 0 Å².